The van der Waals surface area contributed by atoms with Crippen LogP contribution in [0, 0.1) is 0 Å². The van der Waals surface area contributed by atoms with Gasteiger partial charge in [-0.2, -0.15) is 5.10 Å². The van der Waals surface area contributed by atoms with Crippen molar-refractivity contribution < 1.29 is 0 Å². The molecule has 2 heteroatoms. The van der Waals surface area contributed by atoms with Crippen LogP contribution in [0.25, 0.3) is 0 Å². The van der Waals surface area contributed by atoms with E-state index in [1.54, 1.807) is 7.05 Å². The molecule has 0 aliphatic rings. The molecule has 0 saturated carbocycles. The molecular weight excluding hydrogens is 124 g/mol. The van der Waals surface area contributed by atoms with Gasteiger partial charge in [-0.05, 0) is 19.9 Å². The number of nitrogens with one attached hydrogen (secondary N) is 1. The van der Waals surface area contributed by atoms with Crippen molar-refractivity contribution in [1.82, 2.24) is 5.43 Å². The third-order valence-corrected chi connectivity index (χ3v) is 0.929. The molecule has 0 spiro atoms. The number of rotatable bonds is 3. The third kappa shape index (κ3) is 5.09. The van der Waals surface area contributed by atoms with E-state index in [9.17, 15) is 0 Å². The van der Waals surface area contributed by atoms with Gasteiger partial charge in [0, 0.05) is 7.05 Å². The molecule has 1 N–H and O–H groups in total. The Balaban J connectivity index is 3.76. The highest BCUT2D eigenvalue weighted by Gasteiger charge is 1.76. The Bertz CT molecular complexity index is 155. The molecule has 0 atom stereocenters. The van der Waals surface area contributed by atoms with Crippen molar-refractivity contribution in [2.45, 2.75) is 13.8 Å². The van der Waals surface area contributed by atoms with Crippen molar-refractivity contribution in [3.05, 3.63) is 24.3 Å². The monoisotopic (exact) mass is 138 g/mol. The van der Waals surface area contributed by atoms with Crippen LogP contribution in [0.5, 0.6) is 0 Å². The minimum Gasteiger partial charge on any atom is -0.313 e. The lowest BCUT2D eigenvalue weighted by atomic mass is 10.3. The van der Waals surface area contributed by atoms with E-state index in [1.165, 1.54) is 0 Å². The van der Waals surface area contributed by atoms with Gasteiger partial charge in [-0.1, -0.05) is 18.2 Å². The summed E-state index contributed by atoms with van der Waals surface area (Å²) in [4.78, 5) is 0. The maximum absolute atomic E-state index is 3.94. The summed E-state index contributed by atoms with van der Waals surface area (Å²) in [5, 5.41) is 3.94. The largest absolute Gasteiger partial charge is 0.313 e. The van der Waals surface area contributed by atoms with Crippen molar-refractivity contribution in [2.75, 3.05) is 7.05 Å². The van der Waals surface area contributed by atoms with E-state index in [0.717, 1.165) is 5.71 Å². The minimum atomic E-state index is 0.973. The first-order valence-electron chi connectivity index (χ1n) is 3.31. The second-order valence-corrected chi connectivity index (χ2v) is 1.86. The van der Waals surface area contributed by atoms with E-state index < -0.39 is 0 Å². The highest BCUT2D eigenvalue weighted by molar-refractivity contribution is 5.92. The molecule has 0 rings (SSSR count). The summed E-state index contributed by atoms with van der Waals surface area (Å²) in [6.07, 6.45) is 7.84. The van der Waals surface area contributed by atoms with Gasteiger partial charge < -0.3 is 5.43 Å². The van der Waals surface area contributed by atoms with Crippen LogP contribution in [0.3, 0.4) is 0 Å². The van der Waals surface area contributed by atoms with Gasteiger partial charge in [0.05, 0.1) is 5.71 Å². The van der Waals surface area contributed by atoms with Gasteiger partial charge in [0.1, 0.15) is 0 Å². The van der Waals surface area contributed by atoms with Crippen LogP contribution in [-0.2, 0) is 0 Å². The number of nitrogens with zero attached hydrogens (tertiary/aromatic N) is 1. The molecule has 0 aromatic rings. The normalized spacial score (nSPS) is 13.3. The molecular formula is C8H14N2. The first-order chi connectivity index (χ1) is 4.81. The van der Waals surface area contributed by atoms with E-state index in [1.807, 2.05) is 38.2 Å². The van der Waals surface area contributed by atoms with Crippen molar-refractivity contribution in [3.63, 3.8) is 0 Å². The van der Waals surface area contributed by atoms with Crippen LogP contribution in [0.1, 0.15) is 13.8 Å². The fraction of sp³-hybridized carbons (Fsp3) is 0.375. The fourth-order valence-corrected chi connectivity index (χ4v) is 0.520. The van der Waals surface area contributed by atoms with Gasteiger partial charge in [-0.25, -0.2) is 0 Å². The molecule has 56 valence electrons. The van der Waals surface area contributed by atoms with Gasteiger partial charge in [0.15, 0.2) is 0 Å². The highest BCUT2D eigenvalue weighted by Crippen LogP contribution is 1.80. The molecule has 0 fully saturated rings. The summed E-state index contributed by atoms with van der Waals surface area (Å²) in [5.74, 6) is 0. The molecule has 0 aromatic heterocycles. The second-order valence-electron chi connectivity index (χ2n) is 1.86. The van der Waals surface area contributed by atoms with E-state index >= 15 is 0 Å². The van der Waals surface area contributed by atoms with E-state index in [2.05, 4.69) is 10.5 Å². The first kappa shape index (κ1) is 8.95. The molecule has 0 bridgehead atoms. The summed E-state index contributed by atoms with van der Waals surface area (Å²) in [5.41, 5.74) is 3.68. The standard InChI is InChI=1S/C8H14N2/c1-4-5-6-7-8(2)10-9-3/h4-7,9H,1-3H3/b5-4+,7-6+,10-8-. The number of hydrazone groups is 1. The van der Waals surface area contributed by atoms with Crippen molar-refractivity contribution >= 4 is 5.71 Å². The molecule has 0 aliphatic heterocycles. The van der Waals surface area contributed by atoms with E-state index in [4.69, 9.17) is 0 Å². The SMILES string of the molecule is C/C=C/C=C/C(C)=N\NC. The maximum Gasteiger partial charge on any atom is 0.0571 e. The second kappa shape index (κ2) is 6.08. The Morgan fingerprint density at radius 1 is 1.40 bits per heavy atom. The lowest BCUT2D eigenvalue weighted by molar-refractivity contribution is 0.901. The van der Waals surface area contributed by atoms with Gasteiger partial charge in [0.25, 0.3) is 0 Å². The quantitative estimate of drug-likeness (QED) is 0.358. The van der Waals surface area contributed by atoms with Crippen LogP contribution in [0.15, 0.2) is 29.4 Å². The smallest absolute Gasteiger partial charge is 0.0571 e. The molecule has 0 saturated heterocycles. The molecule has 0 aliphatic carbocycles. The van der Waals surface area contributed by atoms with Gasteiger partial charge in [-0.15, -0.1) is 0 Å². The summed E-state index contributed by atoms with van der Waals surface area (Å²) >= 11 is 0. The number of allylic oxidation sites excluding steroid dienone is 4. The zero-order chi connectivity index (χ0) is 7.82. The Kier molecular flexibility index (Phi) is 5.44. The summed E-state index contributed by atoms with van der Waals surface area (Å²) in [6.45, 7) is 3.92. The van der Waals surface area contributed by atoms with Crippen LogP contribution in [0.2, 0.25) is 0 Å². The minimum absolute atomic E-state index is 0.973. The predicted molar refractivity (Wildman–Crippen MR) is 46.1 cm³/mol. The number of hydrogen-bond donors (Lipinski definition) is 1. The molecule has 0 heterocycles. The molecule has 0 radical (unpaired) electrons. The van der Waals surface area contributed by atoms with Crippen molar-refractivity contribution in [1.29, 1.82) is 0 Å². The molecule has 10 heavy (non-hydrogen) atoms. The van der Waals surface area contributed by atoms with Gasteiger partial charge >= 0.3 is 0 Å². The van der Waals surface area contributed by atoms with E-state index in [0.29, 0.717) is 0 Å². The molecule has 2 nitrogen and oxygen atoms in total. The zero-order valence-corrected chi connectivity index (χ0v) is 6.76. The molecule has 0 amide bonds. The van der Waals surface area contributed by atoms with Crippen LogP contribution in [0.4, 0.5) is 0 Å². The van der Waals surface area contributed by atoms with Crippen molar-refractivity contribution in [2.24, 2.45) is 5.10 Å². The fourth-order valence-electron chi connectivity index (χ4n) is 0.520. The first-order valence-corrected chi connectivity index (χ1v) is 3.31. The van der Waals surface area contributed by atoms with Crippen LogP contribution in [-0.4, -0.2) is 12.8 Å². The van der Waals surface area contributed by atoms with Gasteiger partial charge in [0.2, 0.25) is 0 Å². The zero-order valence-electron chi connectivity index (χ0n) is 6.76. The van der Waals surface area contributed by atoms with Gasteiger partial charge in [-0.3, -0.25) is 0 Å². The summed E-state index contributed by atoms with van der Waals surface area (Å²) in [7, 11) is 1.78. The average molecular weight is 138 g/mol. The average Bonchev–Trinajstić information content (AvgIpc) is 1.89. The number of hydrogen-bond acceptors (Lipinski definition) is 2. The lowest BCUT2D eigenvalue weighted by Crippen LogP contribution is -1.98. The lowest BCUT2D eigenvalue weighted by Gasteiger charge is -1.88. The van der Waals surface area contributed by atoms with Crippen LogP contribution >= 0.6 is 0 Å². The summed E-state index contributed by atoms with van der Waals surface area (Å²) < 4.78 is 0. The molecule has 0 aromatic carbocycles. The van der Waals surface area contributed by atoms with Crippen LogP contribution < -0.4 is 5.43 Å². The summed E-state index contributed by atoms with van der Waals surface area (Å²) in [6, 6.07) is 0. The van der Waals surface area contributed by atoms with E-state index in [-0.39, 0.29) is 0 Å². The highest BCUT2D eigenvalue weighted by atomic mass is 15.3. The topological polar surface area (TPSA) is 24.4 Å². The molecule has 0 unspecified atom stereocenters. The van der Waals surface area contributed by atoms with Crippen molar-refractivity contribution in [3.8, 4) is 0 Å². The Morgan fingerprint density at radius 2 is 2.10 bits per heavy atom. The predicted octanol–water partition coefficient (Wildman–Crippen LogP) is 1.71. The Labute approximate surface area is 62.3 Å². The Morgan fingerprint density at radius 3 is 2.60 bits per heavy atom. The third-order valence-electron chi connectivity index (χ3n) is 0.929. The maximum atomic E-state index is 3.94. The Hall–Kier alpha value is -1.05.